The topological polar surface area (TPSA) is 93.7 Å². The van der Waals surface area contributed by atoms with Gasteiger partial charge in [-0.2, -0.15) is 0 Å². The third kappa shape index (κ3) is 6.10. The summed E-state index contributed by atoms with van der Waals surface area (Å²) < 4.78 is 37.9. The van der Waals surface area contributed by atoms with Crippen molar-refractivity contribution in [1.82, 2.24) is 0 Å². The highest BCUT2D eigenvalue weighted by molar-refractivity contribution is 7.92. The summed E-state index contributed by atoms with van der Waals surface area (Å²) >= 11 is 0. The third-order valence-electron chi connectivity index (χ3n) is 4.30. The number of rotatable bonds is 8. The number of ether oxygens (including phenoxy) is 2. The molecule has 0 spiro atoms. The number of hydrogen-bond donors (Lipinski definition) is 2. The maximum Gasteiger partial charge on any atom is 0.261 e. The first-order chi connectivity index (χ1) is 14.9. The molecule has 3 aromatic rings. The Hall–Kier alpha value is -3.78. The van der Waals surface area contributed by atoms with Gasteiger partial charge < -0.3 is 14.8 Å². The first-order valence-electron chi connectivity index (χ1n) is 9.30. The van der Waals surface area contributed by atoms with Gasteiger partial charge in [-0.15, -0.1) is 0 Å². The highest BCUT2D eigenvalue weighted by atomic mass is 32.2. The van der Waals surface area contributed by atoms with Gasteiger partial charge in [0.1, 0.15) is 11.5 Å². The Balaban J connectivity index is 1.63. The van der Waals surface area contributed by atoms with E-state index in [4.69, 9.17) is 9.47 Å². The molecule has 8 heteroatoms. The van der Waals surface area contributed by atoms with Crippen molar-refractivity contribution >= 4 is 33.4 Å². The van der Waals surface area contributed by atoms with Crippen molar-refractivity contribution in [3.05, 3.63) is 84.4 Å². The van der Waals surface area contributed by atoms with Crippen LogP contribution in [-0.2, 0) is 14.8 Å². The highest BCUT2D eigenvalue weighted by Crippen LogP contribution is 2.21. The fourth-order valence-corrected chi connectivity index (χ4v) is 3.74. The Bertz CT molecular complexity index is 1170. The van der Waals surface area contributed by atoms with Crippen molar-refractivity contribution < 1.29 is 22.7 Å². The van der Waals surface area contributed by atoms with Gasteiger partial charge in [0.2, 0.25) is 5.91 Å². The lowest BCUT2D eigenvalue weighted by Crippen LogP contribution is -2.13. The molecule has 0 bridgehead atoms. The van der Waals surface area contributed by atoms with Crippen molar-refractivity contribution in [1.29, 1.82) is 0 Å². The zero-order chi connectivity index (χ0) is 22.3. The monoisotopic (exact) mass is 438 g/mol. The Morgan fingerprint density at radius 2 is 1.52 bits per heavy atom. The zero-order valence-electron chi connectivity index (χ0n) is 17.0. The average molecular weight is 439 g/mol. The second-order valence-electron chi connectivity index (χ2n) is 6.46. The molecule has 0 aliphatic carbocycles. The van der Waals surface area contributed by atoms with Crippen molar-refractivity contribution in [2.24, 2.45) is 0 Å². The average Bonchev–Trinajstić information content (AvgIpc) is 2.78. The van der Waals surface area contributed by atoms with Crippen LogP contribution >= 0.6 is 0 Å². The van der Waals surface area contributed by atoms with E-state index in [1.807, 2.05) is 12.1 Å². The summed E-state index contributed by atoms with van der Waals surface area (Å²) in [4.78, 5) is 12.2. The summed E-state index contributed by atoms with van der Waals surface area (Å²) in [5.41, 5.74) is 1.71. The summed E-state index contributed by atoms with van der Waals surface area (Å²) in [6.45, 7) is 0. The molecule has 160 valence electrons. The predicted octanol–water partition coefficient (Wildman–Crippen LogP) is 4.16. The second-order valence-corrected chi connectivity index (χ2v) is 8.14. The van der Waals surface area contributed by atoms with E-state index >= 15 is 0 Å². The maximum atomic E-state index is 12.6. The van der Waals surface area contributed by atoms with Gasteiger partial charge in [-0.05, 0) is 60.2 Å². The SMILES string of the molecule is COc1ccc(/C=C/C(=O)Nc2ccc(S(=O)(=O)Nc3cccc(OC)c3)cc2)cc1. The Kier molecular flexibility index (Phi) is 6.94. The van der Waals surface area contributed by atoms with Crippen LogP contribution in [0.4, 0.5) is 11.4 Å². The van der Waals surface area contributed by atoms with E-state index in [1.54, 1.807) is 49.6 Å². The number of sulfonamides is 1. The number of amides is 1. The molecule has 7 nitrogen and oxygen atoms in total. The molecule has 3 rings (SSSR count). The molecule has 31 heavy (non-hydrogen) atoms. The van der Waals surface area contributed by atoms with Crippen LogP contribution in [0.2, 0.25) is 0 Å². The van der Waals surface area contributed by atoms with Crippen LogP contribution in [0, 0.1) is 0 Å². The van der Waals surface area contributed by atoms with Gasteiger partial charge >= 0.3 is 0 Å². The minimum atomic E-state index is -3.78. The van der Waals surface area contributed by atoms with Gasteiger partial charge in [0, 0.05) is 17.8 Å². The molecular weight excluding hydrogens is 416 g/mol. The molecule has 0 aliphatic heterocycles. The summed E-state index contributed by atoms with van der Waals surface area (Å²) in [5, 5.41) is 2.70. The second kappa shape index (κ2) is 9.82. The van der Waals surface area contributed by atoms with Crippen LogP contribution in [0.5, 0.6) is 11.5 Å². The third-order valence-corrected chi connectivity index (χ3v) is 5.69. The lowest BCUT2D eigenvalue weighted by molar-refractivity contribution is -0.111. The van der Waals surface area contributed by atoms with Crippen molar-refractivity contribution in [3.63, 3.8) is 0 Å². The maximum absolute atomic E-state index is 12.6. The molecule has 0 heterocycles. The molecule has 3 aromatic carbocycles. The summed E-state index contributed by atoms with van der Waals surface area (Å²) in [5.74, 6) is 0.944. The van der Waals surface area contributed by atoms with Crippen LogP contribution in [-0.4, -0.2) is 28.5 Å². The van der Waals surface area contributed by atoms with Crippen molar-refractivity contribution in [3.8, 4) is 11.5 Å². The van der Waals surface area contributed by atoms with E-state index in [-0.39, 0.29) is 10.8 Å². The van der Waals surface area contributed by atoms with Crippen LogP contribution in [0.3, 0.4) is 0 Å². The summed E-state index contributed by atoms with van der Waals surface area (Å²) in [7, 11) is -0.684. The molecule has 2 N–H and O–H groups in total. The minimum absolute atomic E-state index is 0.0714. The van der Waals surface area contributed by atoms with Crippen LogP contribution in [0.25, 0.3) is 6.08 Å². The molecule has 1 amide bonds. The van der Waals surface area contributed by atoms with E-state index in [0.717, 1.165) is 11.3 Å². The summed E-state index contributed by atoms with van der Waals surface area (Å²) in [6.07, 6.45) is 3.07. The Labute approximate surface area is 181 Å². The Morgan fingerprint density at radius 1 is 0.839 bits per heavy atom. The van der Waals surface area contributed by atoms with Crippen molar-refractivity contribution in [2.75, 3.05) is 24.3 Å². The van der Waals surface area contributed by atoms with E-state index in [1.165, 1.54) is 37.5 Å². The molecule has 0 aromatic heterocycles. The van der Waals surface area contributed by atoms with Gasteiger partial charge in [0.15, 0.2) is 0 Å². The normalized spacial score (nSPS) is 11.2. The van der Waals surface area contributed by atoms with E-state index in [0.29, 0.717) is 17.1 Å². The van der Waals surface area contributed by atoms with Gasteiger partial charge in [0.25, 0.3) is 10.0 Å². The van der Waals surface area contributed by atoms with Gasteiger partial charge in [-0.3, -0.25) is 9.52 Å². The first-order valence-corrected chi connectivity index (χ1v) is 10.8. The molecule has 0 radical (unpaired) electrons. The molecule has 0 atom stereocenters. The minimum Gasteiger partial charge on any atom is -0.497 e. The van der Waals surface area contributed by atoms with E-state index in [2.05, 4.69) is 10.0 Å². The number of benzene rings is 3. The van der Waals surface area contributed by atoms with Crippen LogP contribution in [0.15, 0.2) is 83.8 Å². The number of hydrogen-bond acceptors (Lipinski definition) is 5. The van der Waals surface area contributed by atoms with E-state index < -0.39 is 10.0 Å². The molecule has 0 unspecified atom stereocenters. The quantitative estimate of drug-likeness (QED) is 0.515. The summed E-state index contributed by atoms with van der Waals surface area (Å²) in [6, 6.07) is 19.8. The number of methoxy groups -OCH3 is 2. The molecule has 0 saturated heterocycles. The predicted molar refractivity (Wildman–Crippen MR) is 121 cm³/mol. The zero-order valence-corrected chi connectivity index (χ0v) is 17.8. The molecule has 0 saturated carbocycles. The van der Waals surface area contributed by atoms with Crippen LogP contribution < -0.4 is 19.5 Å². The number of nitrogens with one attached hydrogen (secondary N) is 2. The fourth-order valence-electron chi connectivity index (χ4n) is 2.69. The van der Waals surface area contributed by atoms with Gasteiger partial charge in [0.05, 0.1) is 24.8 Å². The standard InChI is InChI=1S/C23H22N2O5S/c1-29-20-11-6-17(7-12-20)8-15-23(26)24-18-9-13-22(14-10-18)31(27,28)25-19-4-3-5-21(16-19)30-2/h3-16,25H,1-2H3,(H,24,26)/b15-8+. The largest absolute Gasteiger partial charge is 0.497 e. The number of carbonyl (C=O) groups is 1. The van der Waals surface area contributed by atoms with Crippen molar-refractivity contribution in [2.45, 2.75) is 4.90 Å². The lowest BCUT2D eigenvalue weighted by Gasteiger charge is -2.10. The molecular formula is C23H22N2O5S. The highest BCUT2D eigenvalue weighted by Gasteiger charge is 2.14. The fraction of sp³-hybridized carbons (Fsp3) is 0.0870. The molecule has 0 aliphatic rings. The van der Waals surface area contributed by atoms with Gasteiger partial charge in [-0.1, -0.05) is 18.2 Å². The lowest BCUT2D eigenvalue weighted by atomic mass is 10.2. The smallest absolute Gasteiger partial charge is 0.261 e. The Morgan fingerprint density at radius 3 is 2.16 bits per heavy atom. The number of carbonyl (C=O) groups excluding carboxylic acids is 1. The molecule has 0 fully saturated rings. The number of anilines is 2. The van der Waals surface area contributed by atoms with E-state index in [9.17, 15) is 13.2 Å². The van der Waals surface area contributed by atoms with Crippen LogP contribution in [0.1, 0.15) is 5.56 Å². The van der Waals surface area contributed by atoms with Gasteiger partial charge in [-0.25, -0.2) is 8.42 Å². The first kappa shape index (κ1) is 21.9.